The van der Waals surface area contributed by atoms with Gasteiger partial charge in [-0.25, -0.2) is 0 Å². The van der Waals surface area contributed by atoms with Crippen molar-refractivity contribution in [2.24, 2.45) is 5.73 Å². The van der Waals surface area contributed by atoms with Crippen molar-refractivity contribution in [2.45, 2.75) is 19.4 Å². The average molecular weight is 335 g/mol. The summed E-state index contributed by atoms with van der Waals surface area (Å²) in [4.78, 5) is 23.9. The lowest BCUT2D eigenvalue weighted by atomic mass is 10.0. The highest BCUT2D eigenvalue weighted by molar-refractivity contribution is 6.06. The van der Waals surface area contributed by atoms with E-state index in [0.717, 1.165) is 10.9 Å². The molecule has 128 valence electrons. The lowest BCUT2D eigenvalue weighted by Crippen LogP contribution is -2.30. The van der Waals surface area contributed by atoms with Crippen molar-refractivity contribution >= 4 is 22.7 Å². The van der Waals surface area contributed by atoms with Gasteiger partial charge < -0.3 is 15.6 Å². The average Bonchev–Trinajstić information content (AvgIpc) is 2.99. The summed E-state index contributed by atoms with van der Waals surface area (Å²) in [5.74, 6) is -0.361. The van der Waals surface area contributed by atoms with Crippen LogP contribution in [0.3, 0.4) is 0 Å². The van der Waals surface area contributed by atoms with Gasteiger partial charge in [-0.2, -0.15) is 0 Å². The third-order valence-electron chi connectivity index (χ3n) is 4.34. The molecule has 25 heavy (non-hydrogen) atoms. The predicted octanol–water partition coefficient (Wildman–Crippen LogP) is 2.66. The summed E-state index contributed by atoms with van der Waals surface area (Å²) in [7, 11) is 0. The van der Waals surface area contributed by atoms with E-state index in [9.17, 15) is 9.59 Å². The third-order valence-corrected chi connectivity index (χ3v) is 4.34. The Morgan fingerprint density at radius 2 is 1.76 bits per heavy atom. The molecule has 1 aromatic heterocycles. The second-order valence-corrected chi connectivity index (χ2v) is 6.17. The van der Waals surface area contributed by atoms with Gasteiger partial charge in [0.2, 0.25) is 5.91 Å². The molecule has 0 bridgehead atoms. The minimum atomic E-state index is -0.493. The number of benzene rings is 2. The molecule has 0 spiro atoms. The third kappa shape index (κ3) is 3.71. The van der Waals surface area contributed by atoms with Crippen molar-refractivity contribution in [3.63, 3.8) is 0 Å². The number of nitrogens with one attached hydrogen (secondary N) is 1. The Morgan fingerprint density at radius 3 is 2.48 bits per heavy atom. The fraction of sp³-hybridized carbons (Fsp3) is 0.200. The van der Waals surface area contributed by atoms with E-state index in [2.05, 4.69) is 24.4 Å². The number of rotatable bonds is 6. The zero-order valence-corrected chi connectivity index (χ0v) is 14.1. The fourth-order valence-electron chi connectivity index (χ4n) is 2.95. The van der Waals surface area contributed by atoms with Gasteiger partial charge in [0.25, 0.3) is 5.91 Å². The molecular weight excluding hydrogens is 314 g/mol. The van der Waals surface area contributed by atoms with Crippen LogP contribution in [0.5, 0.6) is 0 Å². The summed E-state index contributed by atoms with van der Waals surface area (Å²) < 4.78 is 1.76. The first-order valence-corrected chi connectivity index (χ1v) is 8.25. The highest BCUT2D eigenvalue weighted by Crippen LogP contribution is 2.21. The van der Waals surface area contributed by atoms with Crippen LogP contribution in [0.15, 0.2) is 60.8 Å². The molecule has 0 radical (unpaired) electrons. The SMILES string of the molecule is CC(CNC(=O)Cn1cc(C(N)=O)c2ccccc21)c1ccccc1. The zero-order chi connectivity index (χ0) is 17.8. The Hall–Kier alpha value is -3.08. The number of fused-ring (bicyclic) bond motifs is 1. The van der Waals surface area contributed by atoms with Gasteiger partial charge in [-0.3, -0.25) is 9.59 Å². The Bertz CT molecular complexity index is 900. The maximum atomic E-state index is 12.3. The minimum absolute atomic E-state index is 0.0976. The van der Waals surface area contributed by atoms with Gasteiger partial charge in [-0.05, 0) is 17.5 Å². The molecule has 2 amide bonds. The number of nitrogens with zero attached hydrogens (tertiary/aromatic N) is 1. The van der Waals surface area contributed by atoms with Crippen LogP contribution in [-0.4, -0.2) is 22.9 Å². The van der Waals surface area contributed by atoms with E-state index in [1.807, 2.05) is 42.5 Å². The molecule has 0 fully saturated rings. The molecule has 3 N–H and O–H groups in total. The van der Waals surface area contributed by atoms with Crippen molar-refractivity contribution in [1.29, 1.82) is 0 Å². The number of aromatic nitrogens is 1. The van der Waals surface area contributed by atoms with Crippen LogP contribution in [-0.2, 0) is 11.3 Å². The summed E-state index contributed by atoms with van der Waals surface area (Å²) in [5, 5.41) is 3.72. The monoisotopic (exact) mass is 335 g/mol. The minimum Gasteiger partial charge on any atom is -0.366 e. The van der Waals surface area contributed by atoms with Gasteiger partial charge in [0.15, 0.2) is 0 Å². The molecule has 0 saturated heterocycles. The molecule has 0 saturated carbocycles. The van der Waals surface area contributed by atoms with Crippen LogP contribution in [0, 0.1) is 0 Å². The molecule has 1 unspecified atom stereocenters. The normalized spacial score (nSPS) is 12.0. The van der Waals surface area contributed by atoms with Gasteiger partial charge in [-0.15, -0.1) is 0 Å². The Kier molecular flexibility index (Phi) is 4.84. The summed E-state index contributed by atoms with van der Waals surface area (Å²) in [6, 6.07) is 17.5. The van der Waals surface area contributed by atoms with Crippen LogP contribution in [0.2, 0.25) is 0 Å². The first kappa shape index (κ1) is 16.8. The van der Waals surface area contributed by atoms with Crippen LogP contribution in [0.25, 0.3) is 10.9 Å². The molecule has 0 aliphatic carbocycles. The standard InChI is InChI=1S/C20H21N3O2/c1-14(15-7-3-2-4-8-15)11-22-19(24)13-23-12-17(20(21)25)16-9-5-6-10-18(16)23/h2-10,12,14H,11,13H2,1H3,(H2,21,25)(H,22,24). The van der Waals surface area contributed by atoms with Crippen LogP contribution < -0.4 is 11.1 Å². The maximum absolute atomic E-state index is 12.3. The first-order chi connectivity index (χ1) is 12.1. The predicted molar refractivity (Wildman–Crippen MR) is 98.3 cm³/mol. The van der Waals surface area contributed by atoms with Crippen molar-refractivity contribution in [3.8, 4) is 0 Å². The number of carbonyl (C=O) groups is 2. The topological polar surface area (TPSA) is 77.1 Å². The van der Waals surface area contributed by atoms with Gasteiger partial charge in [0.1, 0.15) is 6.54 Å². The lowest BCUT2D eigenvalue weighted by Gasteiger charge is -2.13. The molecular formula is C20H21N3O2. The fourth-order valence-corrected chi connectivity index (χ4v) is 2.95. The summed E-state index contributed by atoms with van der Waals surface area (Å²) in [6.45, 7) is 2.78. The molecule has 3 aromatic rings. The Balaban J connectivity index is 1.69. The van der Waals surface area contributed by atoms with E-state index in [0.29, 0.717) is 12.1 Å². The van der Waals surface area contributed by atoms with E-state index in [4.69, 9.17) is 5.73 Å². The van der Waals surface area contributed by atoms with E-state index in [-0.39, 0.29) is 18.4 Å². The van der Waals surface area contributed by atoms with Gasteiger partial charge in [-0.1, -0.05) is 55.5 Å². The smallest absolute Gasteiger partial charge is 0.250 e. The summed E-state index contributed by atoms with van der Waals surface area (Å²) in [5.41, 5.74) is 7.87. The number of hydrogen-bond donors (Lipinski definition) is 2. The quantitative estimate of drug-likeness (QED) is 0.726. The van der Waals surface area contributed by atoms with Gasteiger partial charge in [0, 0.05) is 23.6 Å². The summed E-state index contributed by atoms with van der Waals surface area (Å²) in [6.07, 6.45) is 1.65. The molecule has 2 aromatic carbocycles. The molecule has 1 atom stereocenters. The highest BCUT2D eigenvalue weighted by Gasteiger charge is 2.14. The number of carbonyl (C=O) groups excluding carboxylic acids is 2. The maximum Gasteiger partial charge on any atom is 0.250 e. The molecule has 0 aliphatic heterocycles. The Morgan fingerprint density at radius 1 is 1.08 bits per heavy atom. The first-order valence-electron chi connectivity index (χ1n) is 8.25. The van der Waals surface area contributed by atoms with E-state index < -0.39 is 5.91 Å². The van der Waals surface area contributed by atoms with Crippen LogP contribution >= 0.6 is 0 Å². The molecule has 5 heteroatoms. The number of amides is 2. The number of primary amides is 1. The van der Waals surface area contributed by atoms with Crippen molar-refractivity contribution in [2.75, 3.05) is 6.54 Å². The Labute approximate surface area is 146 Å². The molecule has 1 heterocycles. The molecule has 3 rings (SSSR count). The second-order valence-electron chi connectivity index (χ2n) is 6.17. The van der Waals surface area contributed by atoms with Gasteiger partial charge >= 0.3 is 0 Å². The van der Waals surface area contributed by atoms with E-state index in [1.54, 1.807) is 10.8 Å². The van der Waals surface area contributed by atoms with Crippen LogP contribution in [0.4, 0.5) is 0 Å². The van der Waals surface area contributed by atoms with Crippen molar-refractivity contribution in [1.82, 2.24) is 9.88 Å². The van der Waals surface area contributed by atoms with E-state index in [1.165, 1.54) is 5.56 Å². The number of para-hydroxylation sites is 1. The van der Waals surface area contributed by atoms with Crippen molar-refractivity contribution in [3.05, 3.63) is 71.9 Å². The molecule has 5 nitrogen and oxygen atoms in total. The lowest BCUT2D eigenvalue weighted by molar-refractivity contribution is -0.121. The number of nitrogens with two attached hydrogens (primary N) is 1. The zero-order valence-electron chi connectivity index (χ0n) is 14.1. The van der Waals surface area contributed by atoms with Crippen LogP contribution in [0.1, 0.15) is 28.8 Å². The van der Waals surface area contributed by atoms with Crippen molar-refractivity contribution < 1.29 is 9.59 Å². The molecule has 0 aliphatic rings. The highest BCUT2D eigenvalue weighted by atomic mass is 16.2. The van der Waals surface area contributed by atoms with Gasteiger partial charge in [0.05, 0.1) is 5.56 Å². The summed E-state index contributed by atoms with van der Waals surface area (Å²) >= 11 is 0. The number of hydrogen-bond acceptors (Lipinski definition) is 2. The van der Waals surface area contributed by atoms with E-state index >= 15 is 0 Å². The largest absolute Gasteiger partial charge is 0.366 e. The second kappa shape index (κ2) is 7.21.